The largest absolute Gasteiger partial charge is 0.481 e. The second kappa shape index (κ2) is 9.15. The summed E-state index contributed by atoms with van der Waals surface area (Å²) in [5.74, 6) is -1.90. The number of carbonyl (C=O) groups is 3. The maximum absolute atomic E-state index is 13.6. The van der Waals surface area contributed by atoms with Crippen molar-refractivity contribution < 1.29 is 19.5 Å². The maximum atomic E-state index is 13.6. The van der Waals surface area contributed by atoms with Gasteiger partial charge in [-0.2, -0.15) is 0 Å². The van der Waals surface area contributed by atoms with Crippen LogP contribution in [0.2, 0.25) is 10.0 Å². The van der Waals surface area contributed by atoms with Gasteiger partial charge in [0, 0.05) is 32.2 Å². The van der Waals surface area contributed by atoms with E-state index in [1.165, 1.54) is 9.80 Å². The predicted octanol–water partition coefficient (Wildman–Crippen LogP) is 5.35. The van der Waals surface area contributed by atoms with Gasteiger partial charge in [-0.15, -0.1) is 0 Å². The first-order chi connectivity index (χ1) is 15.2. The van der Waals surface area contributed by atoms with E-state index >= 15 is 0 Å². The molecule has 0 unspecified atom stereocenters. The molecule has 164 valence electrons. The third-order valence-electron chi connectivity index (χ3n) is 4.98. The Kier molecular flexibility index (Phi) is 6.65. The van der Waals surface area contributed by atoms with Gasteiger partial charge in [0.25, 0.3) is 11.8 Å². The van der Waals surface area contributed by atoms with Gasteiger partial charge >= 0.3 is 5.97 Å². The van der Waals surface area contributed by atoms with Crippen LogP contribution in [0.1, 0.15) is 17.5 Å². The number of nitrogens with zero attached hydrogens (tertiary/aromatic N) is 2. The smallest absolute Gasteiger partial charge is 0.305 e. The molecule has 2 amide bonds. The SMILES string of the molecule is O=C(O)CCN1C(=O)/C(=C2\C(=O)N(Cc3c(Cl)cccc3Cl)c3ccc(Br)cc32)SC1=S. The number of hydrogen-bond acceptors (Lipinski definition) is 5. The molecule has 2 heterocycles. The topological polar surface area (TPSA) is 77.9 Å². The fourth-order valence-electron chi connectivity index (χ4n) is 3.47. The van der Waals surface area contributed by atoms with Gasteiger partial charge in [-0.1, -0.05) is 69.2 Å². The van der Waals surface area contributed by atoms with E-state index in [1.807, 2.05) is 0 Å². The summed E-state index contributed by atoms with van der Waals surface area (Å²) in [4.78, 5) is 40.5. The zero-order chi connectivity index (χ0) is 23.2. The van der Waals surface area contributed by atoms with Crippen molar-refractivity contribution in [1.82, 2.24) is 4.90 Å². The zero-order valence-corrected chi connectivity index (χ0v) is 20.8. The van der Waals surface area contributed by atoms with Crippen LogP contribution in [0.15, 0.2) is 45.8 Å². The molecule has 2 aliphatic rings. The molecule has 6 nitrogen and oxygen atoms in total. The summed E-state index contributed by atoms with van der Waals surface area (Å²) in [6.07, 6.45) is -0.248. The lowest BCUT2D eigenvalue weighted by Gasteiger charge is -2.19. The van der Waals surface area contributed by atoms with Crippen molar-refractivity contribution >= 4 is 96.5 Å². The van der Waals surface area contributed by atoms with Gasteiger partial charge in [-0.05, 0) is 30.3 Å². The number of amides is 2. The van der Waals surface area contributed by atoms with Gasteiger partial charge in [0.05, 0.1) is 29.1 Å². The molecule has 0 bridgehead atoms. The Balaban J connectivity index is 1.79. The highest BCUT2D eigenvalue weighted by molar-refractivity contribution is 9.10. The minimum Gasteiger partial charge on any atom is -0.481 e. The van der Waals surface area contributed by atoms with Crippen LogP contribution in [-0.2, 0) is 20.9 Å². The van der Waals surface area contributed by atoms with Crippen molar-refractivity contribution in [2.24, 2.45) is 0 Å². The van der Waals surface area contributed by atoms with Crippen LogP contribution in [-0.4, -0.2) is 38.7 Å². The number of hydrogen-bond donors (Lipinski definition) is 1. The summed E-state index contributed by atoms with van der Waals surface area (Å²) >= 11 is 22.3. The quantitative estimate of drug-likeness (QED) is 0.385. The Labute approximate surface area is 211 Å². The molecule has 1 saturated heterocycles. The highest BCUT2D eigenvalue weighted by Gasteiger charge is 2.42. The van der Waals surface area contributed by atoms with Crippen LogP contribution in [0, 0.1) is 0 Å². The number of thioether (sulfide) groups is 1. The van der Waals surface area contributed by atoms with Crippen molar-refractivity contribution in [2.45, 2.75) is 13.0 Å². The normalized spacial score (nSPS) is 18.0. The summed E-state index contributed by atoms with van der Waals surface area (Å²) in [5, 5.41) is 9.81. The van der Waals surface area contributed by atoms with Crippen LogP contribution >= 0.6 is 63.1 Å². The van der Waals surface area contributed by atoms with Crippen LogP contribution in [0.3, 0.4) is 0 Å². The summed E-state index contributed by atoms with van der Waals surface area (Å²) in [6, 6.07) is 10.5. The fraction of sp³-hybridized carbons (Fsp3) is 0.143. The lowest BCUT2D eigenvalue weighted by Crippen LogP contribution is -2.31. The van der Waals surface area contributed by atoms with Crippen molar-refractivity contribution in [2.75, 3.05) is 11.4 Å². The molecule has 32 heavy (non-hydrogen) atoms. The van der Waals surface area contributed by atoms with Gasteiger partial charge < -0.3 is 10.0 Å². The van der Waals surface area contributed by atoms with E-state index in [0.717, 1.165) is 16.2 Å². The average Bonchev–Trinajstić information content (AvgIpc) is 3.15. The van der Waals surface area contributed by atoms with Crippen molar-refractivity contribution in [1.29, 1.82) is 0 Å². The number of halogens is 3. The van der Waals surface area contributed by atoms with Crippen LogP contribution in [0.25, 0.3) is 5.57 Å². The number of carboxylic acid groups (broad SMARTS) is 1. The number of carbonyl (C=O) groups excluding carboxylic acids is 2. The predicted molar refractivity (Wildman–Crippen MR) is 133 cm³/mol. The Hall–Kier alpha value is -1.91. The molecule has 0 saturated carbocycles. The molecule has 2 aliphatic heterocycles. The van der Waals surface area contributed by atoms with Gasteiger partial charge in [0.15, 0.2) is 0 Å². The Morgan fingerprint density at radius 1 is 1.09 bits per heavy atom. The van der Waals surface area contributed by atoms with E-state index < -0.39 is 11.9 Å². The lowest BCUT2D eigenvalue weighted by molar-refractivity contribution is -0.137. The molecular weight excluding hydrogens is 559 g/mol. The summed E-state index contributed by atoms with van der Waals surface area (Å²) in [6.45, 7) is 0.0596. The first kappa shape index (κ1) is 23.3. The van der Waals surface area contributed by atoms with Gasteiger partial charge in [-0.3, -0.25) is 19.3 Å². The molecule has 0 spiro atoms. The maximum Gasteiger partial charge on any atom is 0.305 e. The molecule has 2 aromatic carbocycles. The van der Waals surface area contributed by atoms with Gasteiger partial charge in [-0.25, -0.2) is 0 Å². The number of benzene rings is 2. The number of thiocarbonyl (C=S) groups is 1. The number of anilines is 1. The molecule has 4 rings (SSSR count). The molecule has 2 aromatic rings. The van der Waals surface area contributed by atoms with Crippen LogP contribution in [0.5, 0.6) is 0 Å². The monoisotopic (exact) mass is 570 g/mol. The Bertz CT molecular complexity index is 1210. The third kappa shape index (κ3) is 4.20. The third-order valence-corrected chi connectivity index (χ3v) is 7.63. The molecule has 0 aliphatic carbocycles. The van der Waals surface area contributed by atoms with Crippen LogP contribution < -0.4 is 4.90 Å². The van der Waals surface area contributed by atoms with E-state index in [2.05, 4.69) is 15.9 Å². The van der Waals surface area contributed by atoms with E-state index in [-0.39, 0.29) is 40.2 Å². The van der Waals surface area contributed by atoms with E-state index in [0.29, 0.717) is 26.9 Å². The summed E-state index contributed by atoms with van der Waals surface area (Å²) < 4.78 is 0.955. The number of rotatable bonds is 5. The highest BCUT2D eigenvalue weighted by atomic mass is 79.9. The molecule has 1 N–H and O–H groups in total. The fourth-order valence-corrected chi connectivity index (χ4v) is 5.73. The molecule has 1 fully saturated rings. The average molecular weight is 572 g/mol. The van der Waals surface area contributed by atoms with E-state index in [4.69, 9.17) is 40.5 Å². The van der Waals surface area contributed by atoms with Crippen molar-refractivity contribution in [3.63, 3.8) is 0 Å². The second-order valence-corrected chi connectivity index (χ2v) is 10.3. The minimum atomic E-state index is -1.04. The van der Waals surface area contributed by atoms with Crippen LogP contribution in [0.4, 0.5) is 5.69 Å². The number of aliphatic carboxylic acids is 1. The van der Waals surface area contributed by atoms with Crippen molar-refractivity contribution in [3.05, 3.63) is 66.9 Å². The molecule has 11 heteroatoms. The first-order valence-corrected chi connectivity index (χ1v) is 12.0. The highest BCUT2D eigenvalue weighted by Crippen LogP contribution is 2.46. The van der Waals surface area contributed by atoms with E-state index in [1.54, 1.807) is 36.4 Å². The Morgan fingerprint density at radius 2 is 1.78 bits per heavy atom. The van der Waals surface area contributed by atoms with Crippen molar-refractivity contribution in [3.8, 4) is 0 Å². The van der Waals surface area contributed by atoms with Gasteiger partial charge in [0.1, 0.15) is 4.32 Å². The second-order valence-electron chi connectivity index (χ2n) is 6.93. The first-order valence-electron chi connectivity index (χ1n) is 9.23. The minimum absolute atomic E-state index is 0.0603. The summed E-state index contributed by atoms with van der Waals surface area (Å²) in [7, 11) is 0. The molecule has 0 atom stereocenters. The van der Waals surface area contributed by atoms with E-state index in [9.17, 15) is 14.4 Å². The molecule has 0 radical (unpaired) electrons. The summed E-state index contributed by atoms with van der Waals surface area (Å²) in [5.41, 5.74) is 2.00. The van der Waals surface area contributed by atoms with Gasteiger partial charge in [0.2, 0.25) is 0 Å². The molecule has 0 aromatic heterocycles. The Morgan fingerprint density at radius 3 is 2.44 bits per heavy atom. The molecular formula is C21H13BrCl2N2O4S2. The standard InChI is InChI=1S/C21H13BrCl2N2O4S2/c22-10-4-5-15-11(8-10)17(18-20(30)25(21(31)32-18)7-6-16(27)28)19(29)26(15)9-12-13(23)2-1-3-14(12)24/h1-5,8H,6-7,9H2,(H,27,28)/b18-17+. The zero-order valence-electron chi connectivity index (χ0n) is 16.1. The number of carboxylic acids is 1. The number of fused-ring (bicyclic) bond motifs is 1. The lowest BCUT2D eigenvalue weighted by atomic mass is 10.1.